The van der Waals surface area contributed by atoms with Crippen LogP contribution in [0.25, 0.3) is 10.8 Å². The lowest BCUT2D eigenvalue weighted by molar-refractivity contribution is -0.142. The fraction of sp³-hybridized carbons (Fsp3) is 0.0909. The molecule has 0 fully saturated rings. The van der Waals surface area contributed by atoms with Gasteiger partial charge in [0.2, 0.25) is 0 Å². The summed E-state index contributed by atoms with van der Waals surface area (Å²) in [7, 11) is 0. The predicted molar refractivity (Wildman–Crippen MR) is 111 cm³/mol. The van der Waals surface area contributed by atoms with Gasteiger partial charge in [0.1, 0.15) is 6.54 Å². The first kappa shape index (κ1) is 20.1. The van der Waals surface area contributed by atoms with Crippen LogP contribution in [-0.2, 0) is 9.53 Å². The molecule has 6 nitrogen and oxygen atoms in total. The number of hydrogen-bond acceptors (Lipinski definition) is 5. The minimum atomic E-state index is -0.879. The maximum atomic E-state index is 12.4. The highest BCUT2D eigenvalue weighted by atomic mass is 35.5. The topological polar surface area (TPSA) is 80.8 Å². The highest BCUT2D eigenvalue weighted by molar-refractivity contribution is 6.43. The molecule has 0 N–H and O–H groups in total. The third-order valence-corrected chi connectivity index (χ3v) is 5.46. The van der Waals surface area contributed by atoms with E-state index in [2.05, 4.69) is 0 Å². The Kier molecular flexibility index (Phi) is 5.28. The summed E-state index contributed by atoms with van der Waals surface area (Å²) in [6.07, 6.45) is 0. The minimum absolute atomic E-state index is 0.0643. The molecule has 0 saturated carbocycles. The van der Waals surface area contributed by atoms with Gasteiger partial charge in [-0.25, -0.2) is 0 Å². The number of ketones is 1. The van der Waals surface area contributed by atoms with Gasteiger partial charge in [-0.1, -0.05) is 59.6 Å². The second-order valence-corrected chi connectivity index (χ2v) is 7.47. The number of hydrogen-bond donors (Lipinski definition) is 0. The Balaban J connectivity index is 1.40. The van der Waals surface area contributed by atoms with Crippen LogP contribution >= 0.6 is 23.2 Å². The number of fused-ring (bicyclic) bond motifs is 2. The lowest BCUT2D eigenvalue weighted by Crippen LogP contribution is -2.36. The summed E-state index contributed by atoms with van der Waals surface area (Å²) < 4.78 is 4.99. The normalized spacial score (nSPS) is 12.9. The second-order valence-electron chi connectivity index (χ2n) is 6.65. The molecule has 150 valence electrons. The lowest BCUT2D eigenvalue weighted by Gasteiger charge is -2.12. The van der Waals surface area contributed by atoms with Crippen LogP contribution in [0.1, 0.15) is 31.1 Å². The van der Waals surface area contributed by atoms with Crippen molar-refractivity contribution in [2.24, 2.45) is 0 Å². The first-order valence-corrected chi connectivity index (χ1v) is 9.63. The number of nitrogens with zero attached hydrogens (tertiary/aromatic N) is 1. The van der Waals surface area contributed by atoms with Crippen LogP contribution in [0.2, 0.25) is 10.0 Å². The highest BCUT2D eigenvalue weighted by Crippen LogP contribution is 2.31. The monoisotopic (exact) mass is 441 g/mol. The van der Waals surface area contributed by atoms with Crippen molar-refractivity contribution in [1.29, 1.82) is 0 Å². The number of carbonyl (C=O) groups excluding carboxylic acids is 4. The van der Waals surface area contributed by atoms with Crippen molar-refractivity contribution in [3.05, 3.63) is 81.3 Å². The van der Waals surface area contributed by atoms with Crippen LogP contribution in [0.5, 0.6) is 0 Å². The largest absolute Gasteiger partial charge is 0.456 e. The van der Waals surface area contributed by atoms with E-state index in [1.54, 1.807) is 18.2 Å². The van der Waals surface area contributed by atoms with Crippen molar-refractivity contribution in [2.75, 3.05) is 13.2 Å². The van der Waals surface area contributed by atoms with Crippen LogP contribution in [0.15, 0.2) is 54.6 Å². The highest BCUT2D eigenvalue weighted by Gasteiger charge is 2.37. The van der Waals surface area contributed by atoms with Crippen LogP contribution in [0.4, 0.5) is 0 Å². The van der Waals surface area contributed by atoms with E-state index in [4.69, 9.17) is 27.9 Å². The molecule has 4 rings (SSSR count). The average Bonchev–Trinajstić information content (AvgIpc) is 2.96. The van der Waals surface area contributed by atoms with E-state index in [0.717, 1.165) is 15.7 Å². The molecular formula is C22H13Cl2NO5. The van der Waals surface area contributed by atoms with E-state index in [9.17, 15) is 19.2 Å². The summed E-state index contributed by atoms with van der Waals surface area (Å²) in [5, 5.41) is 2.12. The van der Waals surface area contributed by atoms with Crippen LogP contribution in [-0.4, -0.2) is 41.6 Å². The Morgan fingerprint density at radius 1 is 0.833 bits per heavy atom. The molecule has 8 heteroatoms. The van der Waals surface area contributed by atoms with Gasteiger partial charge in [-0.05, 0) is 29.0 Å². The molecule has 30 heavy (non-hydrogen) atoms. The molecule has 0 unspecified atom stereocenters. The van der Waals surface area contributed by atoms with Gasteiger partial charge >= 0.3 is 5.97 Å². The fourth-order valence-corrected chi connectivity index (χ4v) is 3.52. The van der Waals surface area contributed by atoms with Crippen LogP contribution in [0.3, 0.4) is 0 Å². The van der Waals surface area contributed by atoms with E-state index in [-0.39, 0.29) is 21.2 Å². The van der Waals surface area contributed by atoms with Gasteiger partial charge in [-0.3, -0.25) is 24.1 Å². The van der Waals surface area contributed by atoms with E-state index in [1.165, 1.54) is 12.1 Å². The summed E-state index contributed by atoms with van der Waals surface area (Å²) in [5.74, 6) is -2.62. The Morgan fingerprint density at radius 2 is 1.43 bits per heavy atom. The van der Waals surface area contributed by atoms with Gasteiger partial charge in [0.25, 0.3) is 11.8 Å². The van der Waals surface area contributed by atoms with Crippen molar-refractivity contribution >= 4 is 57.5 Å². The zero-order valence-electron chi connectivity index (χ0n) is 15.4. The van der Waals surface area contributed by atoms with Crippen molar-refractivity contribution in [2.45, 2.75) is 0 Å². The number of halogens is 2. The molecule has 1 aliphatic rings. The number of carbonyl (C=O) groups is 4. The third kappa shape index (κ3) is 3.67. The number of ether oxygens (including phenoxy) is 1. The number of Topliss-reactive ketones (excluding diaryl/α,β-unsaturated/α-hetero) is 1. The number of rotatable bonds is 5. The fourth-order valence-electron chi connectivity index (χ4n) is 3.19. The van der Waals surface area contributed by atoms with Crippen molar-refractivity contribution in [3.8, 4) is 0 Å². The molecule has 0 saturated heterocycles. The standard InChI is InChI=1S/C22H13Cl2NO5/c23-17-8-15-16(9-18(17)24)22(29)25(21(15)28)10-20(27)30-11-19(26)14-6-5-12-3-1-2-4-13(12)7-14/h1-9H,10-11H2. The van der Waals surface area contributed by atoms with Gasteiger partial charge in [0.05, 0.1) is 21.2 Å². The number of amides is 2. The lowest BCUT2D eigenvalue weighted by atomic mass is 10.0. The van der Waals surface area contributed by atoms with E-state index in [0.29, 0.717) is 5.56 Å². The SMILES string of the molecule is O=C(CN1C(=O)c2cc(Cl)c(Cl)cc2C1=O)OCC(=O)c1ccc2ccccc2c1. The molecule has 0 spiro atoms. The molecule has 0 aliphatic carbocycles. The van der Waals surface area contributed by atoms with Gasteiger partial charge in [0.15, 0.2) is 12.4 Å². The Morgan fingerprint density at radius 3 is 2.07 bits per heavy atom. The van der Waals surface area contributed by atoms with E-state index >= 15 is 0 Å². The molecular weight excluding hydrogens is 429 g/mol. The minimum Gasteiger partial charge on any atom is -0.456 e. The van der Waals surface area contributed by atoms with Gasteiger partial charge in [-0.2, -0.15) is 0 Å². The molecule has 2 amide bonds. The predicted octanol–water partition coefficient (Wildman–Crippen LogP) is 4.17. The van der Waals surface area contributed by atoms with E-state index in [1.807, 2.05) is 24.3 Å². The van der Waals surface area contributed by atoms with Crippen molar-refractivity contribution < 1.29 is 23.9 Å². The van der Waals surface area contributed by atoms with Gasteiger partial charge in [-0.15, -0.1) is 0 Å². The molecule has 1 aliphatic heterocycles. The van der Waals surface area contributed by atoms with E-state index < -0.39 is 36.7 Å². The zero-order chi connectivity index (χ0) is 21.4. The molecule has 0 aromatic heterocycles. The van der Waals surface area contributed by atoms with Crippen molar-refractivity contribution in [1.82, 2.24) is 4.90 Å². The van der Waals surface area contributed by atoms with Gasteiger partial charge in [0, 0.05) is 5.56 Å². The molecule has 1 heterocycles. The van der Waals surface area contributed by atoms with Crippen molar-refractivity contribution in [3.63, 3.8) is 0 Å². The Hall–Kier alpha value is -3.22. The summed E-state index contributed by atoms with van der Waals surface area (Å²) in [5.41, 5.74) is 0.524. The number of benzene rings is 3. The summed E-state index contributed by atoms with van der Waals surface area (Å²) in [4.78, 5) is 50.1. The summed E-state index contributed by atoms with van der Waals surface area (Å²) >= 11 is 11.8. The smallest absolute Gasteiger partial charge is 0.326 e. The Labute approximate surface area is 180 Å². The Bertz CT molecular complexity index is 1200. The molecule has 0 radical (unpaired) electrons. The molecule has 3 aromatic carbocycles. The number of esters is 1. The van der Waals surface area contributed by atoms with Crippen LogP contribution in [0, 0.1) is 0 Å². The summed E-state index contributed by atoms with van der Waals surface area (Å²) in [6, 6.07) is 15.3. The first-order chi connectivity index (χ1) is 14.3. The summed E-state index contributed by atoms with van der Waals surface area (Å²) in [6.45, 7) is -1.12. The maximum absolute atomic E-state index is 12.4. The first-order valence-electron chi connectivity index (χ1n) is 8.88. The maximum Gasteiger partial charge on any atom is 0.326 e. The van der Waals surface area contributed by atoms with Crippen LogP contribution < -0.4 is 0 Å². The van der Waals surface area contributed by atoms with Gasteiger partial charge < -0.3 is 4.74 Å². The molecule has 0 atom stereocenters. The zero-order valence-corrected chi connectivity index (χ0v) is 16.9. The third-order valence-electron chi connectivity index (χ3n) is 4.73. The number of imide groups is 1. The second kappa shape index (κ2) is 7.89. The molecule has 0 bridgehead atoms. The molecule has 3 aromatic rings. The average molecular weight is 442 g/mol. The quantitative estimate of drug-likeness (QED) is 0.337.